The Morgan fingerprint density at radius 1 is 1.26 bits per heavy atom. The Morgan fingerprint density at radius 2 is 2.11 bits per heavy atom. The minimum absolute atomic E-state index is 0.393. The number of fused-ring (bicyclic) bond motifs is 1. The number of aromatic nitrogens is 4. The van der Waals surface area contributed by atoms with Gasteiger partial charge in [0.05, 0.1) is 5.52 Å². The summed E-state index contributed by atoms with van der Waals surface area (Å²) in [5.74, 6) is 7.56. The zero-order valence-corrected chi connectivity index (χ0v) is 10.5. The van der Waals surface area contributed by atoms with Crippen molar-refractivity contribution < 1.29 is 0 Å². The van der Waals surface area contributed by atoms with Gasteiger partial charge < -0.3 is 0 Å². The third-order valence-electron chi connectivity index (χ3n) is 2.97. The number of rotatable bonds is 3. The van der Waals surface area contributed by atoms with Gasteiger partial charge in [0.2, 0.25) is 5.95 Å². The number of nitrogens with zero attached hydrogens (tertiary/aromatic N) is 4. The number of imidazole rings is 1. The zero-order valence-electron chi connectivity index (χ0n) is 10.5. The summed E-state index contributed by atoms with van der Waals surface area (Å²) in [5.41, 5.74) is 3.35. The monoisotopic (exact) mass is 254 g/mol. The summed E-state index contributed by atoms with van der Waals surface area (Å²) in [6.07, 6.45) is 4.50. The number of nitrogen functional groups attached to an aromatic ring is 1. The van der Waals surface area contributed by atoms with Crippen molar-refractivity contribution in [1.29, 1.82) is 0 Å². The van der Waals surface area contributed by atoms with Gasteiger partial charge in [-0.15, -0.1) is 0 Å². The van der Waals surface area contributed by atoms with Crippen LogP contribution in [-0.2, 0) is 6.42 Å². The Hall–Kier alpha value is -2.47. The fourth-order valence-corrected chi connectivity index (χ4v) is 2.10. The average molecular weight is 254 g/mol. The van der Waals surface area contributed by atoms with Gasteiger partial charge >= 0.3 is 0 Å². The van der Waals surface area contributed by atoms with Crippen LogP contribution in [0.15, 0.2) is 36.7 Å². The van der Waals surface area contributed by atoms with Gasteiger partial charge in [-0.2, -0.15) is 4.98 Å². The number of aryl methyl sites for hydroxylation is 1. The second-order valence-corrected chi connectivity index (χ2v) is 4.10. The summed E-state index contributed by atoms with van der Waals surface area (Å²) >= 11 is 0. The molecule has 3 aromatic rings. The Balaban J connectivity index is 2.33. The van der Waals surface area contributed by atoms with E-state index >= 15 is 0 Å². The van der Waals surface area contributed by atoms with E-state index in [0.29, 0.717) is 5.95 Å². The minimum Gasteiger partial charge on any atom is -0.292 e. The van der Waals surface area contributed by atoms with Crippen molar-refractivity contribution in [2.45, 2.75) is 13.3 Å². The molecule has 0 atom stereocenters. The quantitative estimate of drug-likeness (QED) is 0.548. The molecule has 2 aromatic heterocycles. The lowest BCUT2D eigenvalue weighted by molar-refractivity contribution is 0.870. The lowest BCUT2D eigenvalue weighted by Gasteiger charge is -2.10. The van der Waals surface area contributed by atoms with Crippen LogP contribution in [0, 0.1) is 0 Å². The molecule has 0 aliphatic heterocycles. The maximum Gasteiger partial charge on any atom is 0.239 e. The van der Waals surface area contributed by atoms with Crippen molar-refractivity contribution in [3.8, 4) is 5.82 Å². The normalized spacial score (nSPS) is 10.8. The number of hydrazine groups is 1. The van der Waals surface area contributed by atoms with Gasteiger partial charge in [-0.25, -0.2) is 15.8 Å². The molecular weight excluding hydrogens is 240 g/mol. The van der Waals surface area contributed by atoms with Crippen LogP contribution in [0.2, 0.25) is 0 Å². The fraction of sp³-hybridized carbons (Fsp3) is 0.154. The third kappa shape index (κ3) is 1.92. The lowest BCUT2D eigenvalue weighted by Crippen LogP contribution is -2.13. The first-order chi connectivity index (χ1) is 9.33. The van der Waals surface area contributed by atoms with Crippen LogP contribution in [-0.4, -0.2) is 19.5 Å². The maximum atomic E-state index is 5.43. The molecule has 6 heteroatoms. The molecule has 0 fully saturated rings. The molecule has 0 amide bonds. The molecule has 6 nitrogen and oxygen atoms in total. The number of nitrogens with two attached hydrogens (primary N) is 1. The van der Waals surface area contributed by atoms with Gasteiger partial charge in [0.1, 0.15) is 5.82 Å². The van der Waals surface area contributed by atoms with Gasteiger partial charge in [0.15, 0.2) is 5.82 Å². The number of hydrogen-bond donors (Lipinski definition) is 2. The first kappa shape index (κ1) is 11.6. The molecule has 1 aromatic carbocycles. The highest BCUT2D eigenvalue weighted by Gasteiger charge is 2.11. The topological polar surface area (TPSA) is 81.7 Å². The smallest absolute Gasteiger partial charge is 0.239 e. The van der Waals surface area contributed by atoms with Crippen molar-refractivity contribution in [3.05, 3.63) is 42.5 Å². The van der Waals surface area contributed by atoms with Crippen molar-refractivity contribution in [2.75, 3.05) is 5.43 Å². The molecule has 3 N–H and O–H groups in total. The Bertz CT molecular complexity index is 718. The van der Waals surface area contributed by atoms with Crippen LogP contribution in [0.25, 0.3) is 16.7 Å². The van der Waals surface area contributed by atoms with E-state index < -0.39 is 0 Å². The number of anilines is 1. The summed E-state index contributed by atoms with van der Waals surface area (Å²) in [4.78, 5) is 13.1. The maximum absolute atomic E-state index is 5.43. The molecule has 0 saturated heterocycles. The predicted octanol–water partition coefficient (Wildman–Crippen LogP) is 1.66. The van der Waals surface area contributed by atoms with Crippen LogP contribution in [0.5, 0.6) is 0 Å². The number of hydrogen-bond acceptors (Lipinski definition) is 5. The molecule has 0 aliphatic carbocycles. The second-order valence-electron chi connectivity index (χ2n) is 4.10. The average Bonchev–Trinajstić information content (AvgIpc) is 2.94. The molecule has 0 unspecified atom stereocenters. The first-order valence-corrected chi connectivity index (χ1v) is 6.09. The highest BCUT2D eigenvalue weighted by atomic mass is 15.3. The van der Waals surface area contributed by atoms with Gasteiger partial charge in [-0.1, -0.05) is 19.1 Å². The van der Waals surface area contributed by atoms with Crippen molar-refractivity contribution >= 4 is 16.9 Å². The van der Waals surface area contributed by atoms with Crippen LogP contribution >= 0.6 is 0 Å². The molecule has 2 heterocycles. The SMILES string of the molecule is CCc1nccn1-c1nc(NN)nc2ccccc12. The molecule has 0 spiro atoms. The van der Waals surface area contributed by atoms with Crippen molar-refractivity contribution in [3.63, 3.8) is 0 Å². The van der Waals surface area contributed by atoms with Crippen LogP contribution in [0.4, 0.5) is 5.95 Å². The number of nitrogens with one attached hydrogen (secondary N) is 1. The van der Waals surface area contributed by atoms with Crippen molar-refractivity contribution in [1.82, 2.24) is 19.5 Å². The van der Waals surface area contributed by atoms with E-state index in [1.165, 1.54) is 0 Å². The van der Waals surface area contributed by atoms with E-state index in [9.17, 15) is 0 Å². The summed E-state index contributed by atoms with van der Waals surface area (Å²) in [5, 5.41) is 0.967. The number of benzene rings is 1. The highest BCUT2D eigenvalue weighted by molar-refractivity contribution is 5.86. The van der Waals surface area contributed by atoms with E-state index in [2.05, 4.69) is 27.3 Å². The fourth-order valence-electron chi connectivity index (χ4n) is 2.10. The van der Waals surface area contributed by atoms with E-state index in [1.807, 2.05) is 35.0 Å². The van der Waals surface area contributed by atoms with Crippen LogP contribution < -0.4 is 11.3 Å². The van der Waals surface area contributed by atoms with Crippen LogP contribution in [0.3, 0.4) is 0 Å². The largest absolute Gasteiger partial charge is 0.292 e. The first-order valence-electron chi connectivity index (χ1n) is 6.09. The van der Waals surface area contributed by atoms with Crippen molar-refractivity contribution in [2.24, 2.45) is 5.84 Å². The van der Waals surface area contributed by atoms with Gasteiger partial charge in [-0.05, 0) is 12.1 Å². The standard InChI is InChI=1S/C13H14N6/c1-2-11-15-7-8-19(11)12-9-5-3-4-6-10(9)16-13(17-12)18-14/h3-8H,2,14H2,1H3,(H,16,17,18). The molecule has 3 rings (SSSR count). The molecule has 19 heavy (non-hydrogen) atoms. The van der Waals surface area contributed by atoms with Crippen LogP contribution in [0.1, 0.15) is 12.7 Å². The predicted molar refractivity (Wildman–Crippen MR) is 73.8 cm³/mol. The molecule has 0 aliphatic rings. The Morgan fingerprint density at radius 3 is 2.89 bits per heavy atom. The third-order valence-corrected chi connectivity index (χ3v) is 2.97. The van der Waals surface area contributed by atoms with Gasteiger partial charge in [0.25, 0.3) is 0 Å². The Kier molecular flexibility index (Phi) is 2.85. The molecule has 0 saturated carbocycles. The Labute approximate surface area is 110 Å². The highest BCUT2D eigenvalue weighted by Crippen LogP contribution is 2.21. The molecular formula is C13H14N6. The van der Waals surface area contributed by atoms with E-state index in [0.717, 1.165) is 29.0 Å². The number of para-hydroxylation sites is 1. The summed E-state index contributed by atoms with van der Waals surface area (Å²) in [6, 6.07) is 7.83. The zero-order chi connectivity index (χ0) is 13.2. The summed E-state index contributed by atoms with van der Waals surface area (Å²) < 4.78 is 1.96. The van der Waals surface area contributed by atoms with E-state index in [4.69, 9.17) is 5.84 Å². The van der Waals surface area contributed by atoms with Gasteiger partial charge in [0, 0.05) is 24.2 Å². The minimum atomic E-state index is 0.393. The lowest BCUT2D eigenvalue weighted by atomic mass is 10.2. The summed E-state index contributed by atoms with van der Waals surface area (Å²) in [7, 11) is 0. The second kappa shape index (κ2) is 4.66. The summed E-state index contributed by atoms with van der Waals surface area (Å²) in [6.45, 7) is 2.06. The molecule has 0 bridgehead atoms. The molecule has 0 radical (unpaired) electrons. The van der Waals surface area contributed by atoms with E-state index in [-0.39, 0.29) is 0 Å². The van der Waals surface area contributed by atoms with E-state index in [1.54, 1.807) is 6.20 Å². The molecule has 96 valence electrons. The van der Waals surface area contributed by atoms with Gasteiger partial charge in [-0.3, -0.25) is 9.99 Å².